The monoisotopic (exact) mass is 486 g/mol. The Hall–Kier alpha value is -2.54. The second-order valence-electron chi connectivity index (χ2n) is 10.0. The molecule has 2 fully saturated rings. The molecule has 5 heteroatoms. The van der Waals surface area contributed by atoms with Gasteiger partial charge in [0.25, 0.3) is 0 Å². The smallest absolute Gasteiger partial charge is 0.113 e. The molecule has 2 aliphatic rings. The quantitative estimate of drug-likeness (QED) is 0.427. The molecule has 2 saturated heterocycles. The van der Waals surface area contributed by atoms with Crippen molar-refractivity contribution in [2.75, 3.05) is 32.7 Å². The van der Waals surface area contributed by atoms with Crippen LogP contribution in [-0.4, -0.2) is 55.9 Å². The van der Waals surface area contributed by atoms with Crippen LogP contribution in [0.2, 0.25) is 0 Å². The molecule has 3 aromatic carbocycles. The Labute approximate surface area is 215 Å². The largest absolute Gasteiger partial charge is 0.369 e. The molecule has 36 heavy (non-hydrogen) atoms. The van der Waals surface area contributed by atoms with Crippen LogP contribution in [0, 0.1) is 5.92 Å². The second-order valence-corrected chi connectivity index (χ2v) is 10.0. The SMILES string of the molecule is c1ccc(COC2CN(C[C@@H]3CCNC3)CC(OCc3ccccc3)C2OCc2ccccc2)cc1. The van der Waals surface area contributed by atoms with Crippen molar-refractivity contribution in [2.45, 2.75) is 44.6 Å². The Morgan fingerprint density at radius 3 is 1.56 bits per heavy atom. The first kappa shape index (κ1) is 25.1. The third-order valence-electron chi connectivity index (χ3n) is 7.19. The van der Waals surface area contributed by atoms with Gasteiger partial charge in [-0.3, -0.25) is 4.90 Å². The molecule has 0 aliphatic carbocycles. The molecule has 5 rings (SSSR count). The summed E-state index contributed by atoms with van der Waals surface area (Å²) in [6.45, 7) is 6.67. The van der Waals surface area contributed by atoms with Gasteiger partial charge in [-0.1, -0.05) is 91.0 Å². The zero-order valence-electron chi connectivity index (χ0n) is 21.0. The topological polar surface area (TPSA) is 43.0 Å². The molecule has 0 amide bonds. The lowest BCUT2D eigenvalue weighted by Gasteiger charge is -2.43. The fraction of sp³-hybridized carbons (Fsp3) is 0.419. The Morgan fingerprint density at radius 1 is 0.639 bits per heavy atom. The maximum Gasteiger partial charge on any atom is 0.113 e. The fourth-order valence-electron chi connectivity index (χ4n) is 5.25. The number of nitrogens with zero attached hydrogens (tertiary/aromatic N) is 1. The fourth-order valence-corrected chi connectivity index (χ4v) is 5.25. The van der Waals surface area contributed by atoms with Crippen molar-refractivity contribution in [1.29, 1.82) is 0 Å². The van der Waals surface area contributed by atoms with E-state index in [0.717, 1.165) is 32.7 Å². The molecule has 5 nitrogen and oxygen atoms in total. The standard InChI is InChI=1S/C31H38N2O3/c1-4-10-25(11-5-1)22-34-29-20-33(19-28-16-17-32-18-28)21-30(35-23-26-12-6-2-7-13-26)31(29)36-24-27-14-8-3-9-15-27/h1-15,28-32H,16-24H2/t28-,29?,30?,31?/m1/s1. The minimum absolute atomic E-state index is 0.0715. The van der Waals surface area contributed by atoms with Crippen molar-refractivity contribution in [3.8, 4) is 0 Å². The van der Waals surface area contributed by atoms with Gasteiger partial charge in [-0.15, -0.1) is 0 Å². The molecule has 2 aliphatic heterocycles. The molecule has 0 saturated carbocycles. The molecule has 3 aromatic rings. The van der Waals surface area contributed by atoms with E-state index in [-0.39, 0.29) is 18.3 Å². The molecule has 190 valence electrons. The molecule has 3 atom stereocenters. The summed E-state index contributed by atoms with van der Waals surface area (Å²) in [5, 5.41) is 3.51. The van der Waals surface area contributed by atoms with Crippen molar-refractivity contribution < 1.29 is 14.2 Å². The van der Waals surface area contributed by atoms with Gasteiger partial charge < -0.3 is 19.5 Å². The third-order valence-corrected chi connectivity index (χ3v) is 7.19. The summed E-state index contributed by atoms with van der Waals surface area (Å²) >= 11 is 0. The van der Waals surface area contributed by atoms with Gasteiger partial charge in [0.05, 0.1) is 32.0 Å². The van der Waals surface area contributed by atoms with Gasteiger partial charge in [0.15, 0.2) is 0 Å². The van der Waals surface area contributed by atoms with Crippen molar-refractivity contribution in [1.82, 2.24) is 10.2 Å². The lowest BCUT2D eigenvalue weighted by atomic mass is 9.98. The van der Waals surface area contributed by atoms with Gasteiger partial charge in [-0.25, -0.2) is 0 Å². The molecule has 0 aromatic heterocycles. The lowest BCUT2D eigenvalue weighted by Crippen LogP contribution is -2.58. The predicted molar refractivity (Wildman–Crippen MR) is 142 cm³/mol. The highest BCUT2D eigenvalue weighted by Gasteiger charge is 2.40. The molecule has 0 spiro atoms. The van der Waals surface area contributed by atoms with E-state index >= 15 is 0 Å². The predicted octanol–water partition coefficient (Wildman–Crippen LogP) is 4.67. The Balaban J connectivity index is 1.33. The van der Waals surface area contributed by atoms with Gasteiger partial charge in [-0.2, -0.15) is 0 Å². The zero-order valence-corrected chi connectivity index (χ0v) is 21.0. The van der Waals surface area contributed by atoms with E-state index in [1.54, 1.807) is 0 Å². The molecule has 0 radical (unpaired) electrons. The number of nitrogens with one attached hydrogen (secondary N) is 1. The molecular weight excluding hydrogens is 448 g/mol. The summed E-state index contributed by atoms with van der Waals surface area (Å²) in [6.07, 6.45) is 0.946. The summed E-state index contributed by atoms with van der Waals surface area (Å²) in [5.74, 6) is 0.677. The highest BCUT2D eigenvalue weighted by molar-refractivity contribution is 5.15. The van der Waals surface area contributed by atoms with E-state index in [9.17, 15) is 0 Å². The first-order chi connectivity index (χ1) is 17.8. The van der Waals surface area contributed by atoms with Crippen LogP contribution in [-0.2, 0) is 34.0 Å². The van der Waals surface area contributed by atoms with Crippen LogP contribution in [0.25, 0.3) is 0 Å². The average molecular weight is 487 g/mol. The highest BCUT2D eigenvalue weighted by atomic mass is 16.6. The van der Waals surface area contributed by atoms with E-state index in [4.69, 9.17) is 14.2 Å². The van der Waals surface area contributed by atoms with Crippen molar-refractivity contribution >= 4 is 0 Å². The van der Waals surface area contributed by atoms with Crippen molar-refractivity contribution in [3.63, 3.8) is 0 Å². The van der Waals surface area contributed by atoms with Crippen LogP contribution in [0.15, 0.2) is 91.0 Å². The van der Waals surface area contributed by atoms with Gasteiger partial charge in [0.1, 0.15) is 6.10 Å². The maximum atomic E-state index is 6.60. The molecule has 1 N–H and O–H groups in total. The van der Waals surface area contributed by atoms with Crippen LogP contribution in [0.5, 0.6) is 0 Å². The van der Waals surface area contributed by atoms with Crippen LogP contribution in [0.4, 0.5) is 0 Å². The number of hydrogen-bond donors (Lipinski definition) is 1. The second kappa shape index (κ2) is 13.1. The van der Waals surface area contributed by atoms with Crippen LogP contribution in [0.3, 0.4) is 0 Å². The summed E-state index contributed by atoms with van der Waals surface area (Å²) in [7, 11) is 0. The van der Waals surface area contributed by atoms with E-state index in [0.29, 0.717) is 25.7 Å². The number of hydrogen-bond acceptors (Lipinski definition) is 5. The minimum Gasteiger partial charge on any atom is -0.369 e. The van der Waals surface area contributed by atoms with E-state index in [2.05, 4.69) is 83.0 Å². The van der Waals surface area contributed by atoms with Gasteiger partial charge in [-0.05, 0) is 42.1 Å². The molecule has 2 heterocycles. The summed E-state index contributed by atoms with van der Waals surface area (Å²) < 4.78 is 19.8. The minimum atomic E-state index is -0.143. The first-order valence-corrected chi connectivity index (χ1v) is 13.2. The number of ether oxygens (including phenoxy) is 3. The van der Waals surface area contributed by atoms with Crippen molar-refractivity contribution in [2.24, 2.45) is 5.92 Å². The lowest BCUT2D eigenvalue weighted by molar-refractivity contribution is -0.185. The van der Waals surface area contributed by atoms with E-state index in [1.165, 1.54) is 23.1 Å². The first-order valence-electron chi connectivity index (χ1n) is 13.2. The van der Waals surface area contributed by atoms with Crippen molar-refractivity contribution in [3.05, 3.63) is 108 Å². The normalized spacial score (nSPS) is 24.7. The highest BCUT2D eigenvalue weighted by Crippen LogP contribution is 2.25. The Kier molecular flexibility index (Phi) is 9.17. The van der Waals surface area contributed by atoms with E-state index < -0.39 is 0 Å². The number of benzene rings is 3. The molecule has 2 unspecified atom stereocenters. The average Bonchev–Trinajstić information content (AvgIpc) is 3.45. The summed E-state index contributed by atoms with van der Waals surface area (Å²) in [4.78, 5) is 2.53. The maximum absolute atomic E-state index is 6.60. The molecular formula is C31H38N2O3. The number of piperidine rings is 1. The van der Waals surface area contributed by atoms with Crippen LogP contribution in [0.1, 0.15) is 23.1 Å². The zero-order chi connectivity index (χ0) is 24.4. The summed E-state index contributed by atoms with van der Waals surface area (Å²) in [6, 6.07) is 31.2. The van der Waals surface area contributed by atoms with E-state index in [1.807, 2.05) is 18.2 Å². The van der Waals surface area contributed by atoms with Crippen LogP contribution >= 0.6 is 0 Å². The van der Waals surface area contributed by atoms with Gasteiger partial charge in [0, 0.05) is 19.6 Å². The molecule has 0 bridgehead atoms. The van der Waals surface area contributed by atoms with Gasteiger partial charge in [0.2, 0.25) is 0 Å². The number of rotatable bonds is 11. The third kappa shape index (κ3) is 7.25. The Morgan fingerprint density at radius 2 is 1.11 bits per heavy atom. The van der Waals surface area contributed by atoms with Gasteiger partial charge >= 0.3 is 0 Å². The Bertz CT molecular complexity index is 958. The number of likely N-dealkylation sites (tertiary alicyclic amines) is 1. The summed E-state index contributed by atoms with van der Waals surface area (Å²) in [5.41, 5.74) is 3.52. The van der Waals surface area contributed by atoms with Crippen LogP contribution < -0.4 is 5.32 Å².